The first-order valence-electron chi connectivity index (χ1n) is 8.26. The number of methoxy groups -OCH3 is 1. The minimum absolute atomic E-state index is 0.188. The number of aryl methyl sites for hydroxylation is 1. The number of anilines is 1. The van der Waals surface area contributed by atoms with Gasteiger partial charge in [-0.1, -0.05) is 53.3 Å². The van der Waals surface area contributed by atoms with Crippen LogP contribution in [0.25, 0.3) is 10.2 Å². The van der Waals surface area contributed by atoms with E-state index in [4.69, 9.17) is 4.74 Å². The lowest BCUT2D eigenvalue weighted by Gasteiger charge is -2.25. The van der Waals surface area contributed by atoms with Gasteiger partial charge in [0, 0.05) is 0 Å². The highest BCUT2D eigenvalue weighted by molar-refractivity contribution is 7.22. The molecule has 4 rings (SSSR count). The molecule has 7 heteroatoms. The van der Waals surface area contributed by atoms with Crippen LogP contribution in [-0.4, -0.2) is 24.0 Å². The van der Waals surface area contributed by atoms with Crippen molar-refractivity contribution in [3.8, 4) is 0 Å². The summed E-state index contributed by atoms with van der Waals surface area (Å²) in [6, 6.07) is 14.0. The van der Waals surface area contributed by atoms with Gasteiger partial charge in [-0.2, -0.15) is 0 Å². The Labute approximate surface area is 159 Å². The number of thiazole rings is 1. The molecular weight excluding hydrogens is 364 g/mol. The fraction of sp³-hybridized carbons (Fsp3) is 0.150. The van der Waals surface area contributed by atoms with Crippen molar-refractivity contribution in [1.29, 1.82) is 0 Å². The Morgan fingerprint density at radius 2 is 2.00 bits per heavy atom. The molecule has 1 aliphatic heterocycles. The summed E-state index contributed by atoms with van der Waals surface area (Å²) in [5, 5.41) is 13.0. The summed E-state index contributed by atoms with van der Waals surface area (Å²) in [5.41, 5.74) is 2.15. The normalized spacial score (nSPS) is 17.0. The number of fused-ring (bicyclic) bond motifs is 1. The van der Waals surface area contributed by atoms with Crippen LogP contribution in [0.2, 0.25) is 0 Å². The maximum Gasteiger partial charge on any atom is 0.335 e. The van der Waals surface area contributed by atoms with Crippen molar-refractivity contribution < 1.29 is 19.4 Å². The molecule has 0 aliphatic carbocycles. The van der Waals surface area contributed by atoms with E-state index in [1.807, 2.05) is 49.4 Å². The minimum atomic E-state index is -0.863. The van der Waals surface area contributed by atoms with Crippen molar-refractivity contribution in [1.82, 2.24) is 4.98 Å². The van der Waals surface area contributed by atoms with Gasteiger partial charge in [0.05, 0.1) is 28.9 Å². The Morgan fingerprint density at radius 3 is 2.70 bits per heavy atom. The van der Waals surface area contributed by atoms with Crippen LogP contribution in [0.4, 0.5) is 5.13 Å². The van der Waals surface area contributed by atoms with Crippen molar-refractivity contribution in [3.05, 3.63) is 71.0 Å². The standard InChI is InChI=1S/C20H16N2O4S/c1-11-6-5-7-12(10-11)16-15(19(25)26-2)17(23)18(24)22(16)20-21-13-8-3-4-9-14(13)27-20/h3-10,16,23H,1-2H3/p-1. The lowest BCUT2D eigenvalue weighted by molar-refractivity contribution is -0.298. The van der Waals surface area contributed by atoms with Gasteiger partial charge in [0.25, 0.3) is 0 Å². The average molecular weight is 379 g/mol. The summed E-state index contributed by atoms with van der Waals surface area (Å²) in [5.74, 6) is -2.43. The monoisotopic (exact) mass is 379 g/mol. The van der Waals surface area contributed by atoms with Gasteiger partial charge in [-0.05, 0) is 30.4 Å². The number of aromatic nitrogens is 1. The van der Waals surface area contributed by atoms with Crippen LogP contribution >= 0.6 is 11.3 Å². The molecule has 2 heterocycles. The van der Waals surface area contributed by atoms with E-state index in [1.54, 1.807) is 6.07 Å². The summed E-state index contributed by atoms with van der Waals surface area (Å²) in [4.78, 5) is 30.9. The lowest BCUT2D eigenvalue weighted by atomic mass is 9.98. The Balaban J connectivity index is 1.91. The van der Waals surface area contributed by atoms with Gasteiger partial charge >= 0.3 is 5.97 Å². The van der Waals surface area contributed by atoms with Crippen LogP contribution in [0, 0.1) is 6.92 Å². The van der Waals surface area contributed by atoms with Crippen LogP contribution in [-0.2, 0) is 14.3 Å². The van der Waals surface area contributed by atoms with Crippen LogP contribution in [0.15, 0.2) is 59.9 Å². The van der Waals surface area contributed by atoms with Gasteiger partial charge in [-0.25, -0.2) is 9.78 Å². The van der Waals surface area contributed by atoms with Gasteiger partial charge in [0.2, 0.25) is 5.91 Å². The number of carbonyl (C=O) groups is 2. The second-order valence-electron chi connectivity index (χ2n) is 6.19. The Hall–Kier alpha value is -3.19. The molecule has 0 saturated heterocycles. The van der Waals surface area contributed by atoms with E-state index in [2.05, 4.69) is 4.98 Å². The third-order valence-electron chi connectivity index (χ3n) is 4.44. The molecule has 136 valence electrons. The van der Waals surface area contributed by atoms with E-state index in [1.165, 1.54) is 23.3 Å². The van der Waals surface area contributed by atoms with Gasteiger partial charge in [-0.15, -0.1) is 0 Å². The number of benzene rings is 2. The van der Waals surface area contributed by atoms with Crippen LogP contribution in [0.1, 0.15) is 17.2 Å². The molecule has 0 spiro atoms. The molecule has 1 aromatic heterocycles. The molecule has 3 aromatic rings. The first-order chi connectivity index (χ1) is 13.0. The van der Waals surface area contributed by atoms with Gasteiger partial charge in [0.15, 0.2) is 5.13 Å². The number of nitrogens with zero attached hydrogens (tertiary/aromatic N) is 2. The predicted molar refractivity (Wildman–Crippen MR) is 100 cm³/mol. The van der Waals surface area contributed by atoms with Crippen molar-refractivity contribution >= 4 is 38.6 Å². The molecule has 1 unspecified atom stereocenters. The number of hydrogen-bond acceptors (Lipinski definition) is 6. The quantitative estimate of drug-likeness (QED) is 0.653. The highest BCUT2D eigenvalue weighted by Crippen LogP contribution is 2.42. The Bertz CT molecular complexity index is 1070. The first kappa shape index (κ1) is 17.2. The number of amides is 1. The molecular formula is C20H15N2O4S-. The molecule has 1 atom stereocenters. The van der Waals surface area contributed by atoms with E-state index >= 15 is 0 Å². The molecule has 0 fully saturated rings. The van der Waals surface area contributed by atoms with E-state index < -0.39 is 23.7 Å². The second-order valence-corrected chi connectivity index (χ2v) is 7.20. The van der Waals surface area contributed by atoms with E-state index in [9.17, 15) is 14.7 Å². The molecule has 0 N–H and O–H groups in total. The fourth-order valence-electron chi connectivity index (χ4n) is 3.23. The number of rotatable bonds is 3. The smallest absolute Gasteiger partial charge is 0.335 e. The van der Waals surface area contributed by atoms with Crippen molar-refractivity contribution in [3.63, 3.8) is 0 Å². The zero-order valence-electron chi connectivity index (χ0n) is 14.6. The molecule has 1 amide bonds. The van der Waals surface area contributed by atoms with Crippen molar-refractivity contribution in [2.45, 2.75) is 13.0 Å². The maximum atomic E-state index is 12.8. The SMILES string of the molecule is COC(=O)C1=C([O-])C(=O)N(c2nc3ccccc3s2)C1c1cccc(C)c1. The van der Waals surface area contributed by atoms with Gasteiger partial charge < -0.3 is 9.84 Å². The third-order valence-corrected chi connectivity index (χ3v) is 5.48. The van der Waals surface area contributed by atoms with E-state index in [0.29, 0.717) is 10.7 Å². The highest BCUT2D eigenvalue weighted by Gasteiger charge is 2.42. The zero-order chi connectivity index (χ0) is 19.1. The fourth-order valence-corrected chi connectivity index (χ4v) is 4.22. The summed E-state index contributed by atoms with van der Waals surface area (Å²) in [7, 11) is 1.20. The molecule has 1 aliphatic rings. The van der Waals surface area contributed by atoms with Crippen LogP contribution in [0.3, 0.4) is 0 Å². The summed E-state index contributed by atoms with van der Waals surface area (Å²) < 4.78 is 5.68. The number of ether oxygens (including phenoxy) is 1. The maximum absolute atomic E-state index is 12.8. The Kier molecular flexibility index (Phi) is 4.16. The molecule has 0 radical (unpaired) electrons. The van der Waals surface area contributed by atoms with Gasteiger partial charge in [0.1, 0.15) is 0 Å². The topological polar surface area (TPSA) is 82.6 Å². The van der Waals surface area contributed by atoms with Crippen molar-refractivity contribution in [2.75, 3.05) is 12.0 Å². The first-order valence-corrected chi connectivity index (χ1v) is 9.08. The zero-order valence-corrected chi connectivity index (χ0v) is 15.4. The Morgan fingerprint density at radius 1 is 1.22 bits per heavy atom. The van der Waals surface area contributed by atoms with E-state index in [-0.39, 0.29) is 5.57 Å². The number of esters is 1. The average Bonchev–Trinajstić information content (AvgIpc) is 3.20. The van der Waals surface area contributed by atoms with Crippen LogP contribution < -0.4 is 10.0 Å². The van der Waals surface area contributed by atoms with Gasteiger partial charge in [-0.3, -0.25) is 9.69 Å². The largest absolute Gasteiger partial charge is 0.868 e. The molecule has 0 bridgehead atoms. The number of para-hydroxylation sites is 1. The van der Waals surface area contributed by atoms with E-state index in [0.717, 1.165) is 15.8 Å². The predicted octanol–water partition coefficient (Wildman–Crippen LogP) is 2.48. The molecule has 27 heavy (non-hydrogen) atoms. The number of hydrogen-bond donors (Lipinski definition) is 0. The third kappa shape index (κ3) is 2.76. The van der Waals surface area contributed by atoms with Crippen molar-refractivity contribution in [2.24, 2.45) is 0 Å². The summed E-state index contributed by atoms with van der Waals surface area (Å²) in [6.07, 6.45) is 0. The molecule has 2 aromatic carbocycles. The number of carbonyl (C=O) groups excluding carboxylic acids is 2. The lowest BCUT2D eigenvalue weighted by Crippen LogP contribution is -2.32. The van der Waals surface area contributed by atoms with Crippen LogP contribution in [0.5, 0.6) is 0 Å². The minimum Gasteiger partial charge on any atom is -0.868 e. The second kappa shape index (κ2) is 6.51. The summed E-state index contributed by atoms with van der Waals surface area (Å²) >= 11 is 1.30. The summed E-state index contributed by atoms with van der Waals surface area (Å²) in [6.45, 7) is 1.90. The molecule has 6 nitrogen and oxygen atoms in total. The molecule has 0 saturated carbocycles. The highest BCUT2D eigenvalue weighted by atomic mass is 32.1.